The Bertz CT molecular complexity index is 805. The second-order valence-electron chi connectivity index (χ2n) is 4.69. The molecule has 2 aromatic rings. The smallest absolute Gasteiger partial charge is 0.328 e. The van der Waals surface area contributed by atoms with Crippen molar-refractivity contribution >= 4 is 44.0 Å². The van der Waals surface area contributed by atoms with Crippen molar-refractivity contribution < 1.29 is 18.3 Å². The number of aromatic nitrogens is 2. The fraction of sp³-hybridized carbons (Fsp3) is 0.333. The Kier molecular flexibility index (Phi) is 3.46. The highest BCUT2D eigenvalue weighted by atomic mass is 32.2. The van der Waals surface area contributed by atoms with Crippen LogP contribution in [0.2, 0.25) is 0 Å². The fourth-order valence-electron chi connectivity index (χ4n) is 2.25. The first-order chi connectivity index (χ1) is 9.96. The summed E-state index contributed by atoms with van der Waals surface area (Å²) >= 11 is 1.45. The Morgan fingerprint density at radius 2 is 2.10 bits per heavy atom. The van der Waals surface area contributed by atoms with Crippen LogP contribution in [0.15, 0.2) is 17.7 Å². The first-order valence-corrected chi connectivity index (χ1v) is 8.98. The van der Waals surface area contributed by atoms with Crippen molar-refractivity contribution in [3.63, 3.8) is 0 Å². The lowest BCUT2D eigenvalue weighted by molar-refractivity contribution is -0.131. The van der Waals surface area contributed by atoms with Gasteiger partial charge in [-0.15, -0.1) is 11.3 Å². The molecule has 0 saturated carbocycles. The van der Waals surface area contributed by atoms with Gasteiger partial charge in [0, 0.05) is 30.7 Å². The van der Waals surface area contributed by atoms with E-state index >= 15 is 0 Å². The number of aliphatic carboxylic acids is 1. The van der Waals surface area contributed by atoms with Crippen LogP contribution in [0.4, 0.5) is 5.82 Å². The SMILES string of the molecule is O=C(O)/C=C/c1c(N2CCS(=O)(=O)CC2)nc2sccn12. The quantitative estimate of drug-likeness (QED) is 0.836. The van der Waals surface area contributed by atoms with Gasteiger partial charge in [0.05, 0.1) is 17.2 Å². The van der Waals surface area contributed by atoms with E-state index in [1.807, 2.05) is 20.9 Å². The summed E-state index contributed by atoms with van der Waals surface area (Å²) in [5.41, 5.74) is 0.660. The Morgan fingerprint density at radius 1 is 1.38 bits per heavy atom. The summed E-state index contributed by atoms with van der Waals surface area (Å²) in [6, 6.07) is 0. The number of thiazole rings is 1. The molecule has 1 N–H and O–H groups in total. The molecule has 3 heterocycles. The van der Waals surface area contributed by atoms with E-state index in [-0.39, 0.29) is 11.5 Å². The highest BCUT2D eigenvalue weighted by Crippen LogP contribution is 2.27. The predicted molar refractivity (Wildman–Crippen MR) is 80.6 cm³/mol. The van der Waals surface area contributed by atoms with Crippen molar-refractivity contribution in [2.24, 2.45) is 0 Å². The van der Waals surface area contributed by atoms with Crippen LogP contribution < -0.4 is 4.90 Å². The van der Waals surface area contributed by atoms with Crippen LogP contribution in [-0.4, -0.2) is 53.5 Å². The van der Waals surface area contributed by atoms with Gasteiger partial charge >= 0.3 is 5.97 Å². The molecule has 3 rings (SSSR count). The second kappa shape index (κ2) is 5.15. The average molecular weight is 327 g/mol. The number of anilines is 1. The van der Waals surface area contributed by atoms with Crippen LogP contribution in [-0.2, 0) is 14.6 Å². The zero-order valence-electron chi connectivity index (χ0n) is 11.0. The molecule has 0 unspecified atom stereocenters. The molecule has 21 heavy (non-hydrogen) atoms. The van der Waals surface area contributed by atoms with Gasteiger partial charge in [0.2, 0.25) is 0 Å². The van der Waals surface area contributed by atoms with E-state index in [1.54, 1.807) is 0 Å². The molecule has 1 aliphatic heterocycles. The minimum Gasteiger partial charge on any atom is -0.478 e. The number of hydrogen-bond acceptors (Lipinski definition) is 6. The van der Waals surface area contributed by atoms with Crippen molar-refractivity contribution in [3.8, 4) is 0 Å². The number of imidazole rings is 1. The summed E-state index contributed by atoms with van der Waals surface area (Å²) in [5, 5.41) is 10.7. The number of nitrogens with zero attached hydrogens (tertiary/aromatic N) is 3. The van der Waals surface area contributed by atoms with Gasteiger partial charge in [0.1, 0.15) is 0 Å². The lowest BCUT2D eigenvalue weighted by atomic mass is 10.3. The molecule has 0 radical (unpaired) electrons. The molecule has 1 aliphatic rings. The third-order valence-corrected chi connectivity index (χ3v) is 5.67. The summed E-state index contributed by atoms with van der Waals surface area (Å²) in [7, 11) is -2.96. The number of carbonyl (C=O) groups is 1. The highest BCUT2D eigenvalue weighted by Gasteiger charge is 2.25. The Morgan fingerprint density at radius 3 is 2.76 bits per heavy atom. The minimum atomic E-state index is -2.96. The maximum atomic E-state index is 11.5. The fourth-order valence-corrected chi connectivity index (χ4v) is 4.17. The molecule has 0 aromatic carbocycles. The zero-order valence-corrected chi connectivity index (χ0v) is 12.6. The third-order valence-electron chi connectivity index (χ3n) is 3.31. The van der Waals surface area contributed by atoms with Crippen molar-refractivity contribution in [3.05, 3.63) is 23.3 Å². The summed E-state index contributed by atoms with van der Waals surface area (Å²) in [6.07, 6.45) is 4.37. The van der Waals surface area contributed by atoms with Gasteiger partial charge in [-0.3, -0.25) is 4.40 Å². The summed E-state index contributed by atoms with van der Waals surface area (Å²) in [5.74, 6) is -0.206. The van der Waals surface area contributed by atoms with Gasteiger partial charge in [0.15, 0.2) is 20.6 Å². The molecule has 7 nitrogen and oxygen atoms in total. The van der Waals surface area contributed by atoms with E-state index in [9.17, 15) is 13.2 Å². The van der Waals surface area contributed by atoms with Gasteiger partial charge < -0.3 is 10.0 Å². The maximum Gasteiger partial charge on any atom is 0.328 e. The van der Waals surface area contributed by atoms with Crippen LogP contribution in [0.5, 0.6) is 0 Å². The highest BCUT2D eigenvalue weighted by molar-refractivity contribution is 7.91. The van der Waals surface area contributed by atoms with Crippen LogP contribution >= 0.6 is 11.3 Å². The van der Waals surface area contributed by atoms with E-state index in [4.69, 9.17) is 5.11 Å². The summed E-state index contributed by atoms with van der Waals surface area (Å²) in [4.78, 5) is 17.9. The van der Waals surface area contributed by atoms with Crippen molar-refractivity contribution in [2.75, 3.05) is 29.5 Å². The van der Waals surface area contributed by atoms with Gasteiger partial charge in [-0.2, -0.15) is 0 Å². The Hall–Kier alpha value is -1.87. The molecule has 9 heteroatoms. The third kappa shape index (κ3) is 2.79. The summed E-state index contributed by atoms with van der Waals surface area (Å²) < 4.78 is 24.8. The number of rotatable bonds is 3. The normalized spacial score (nSPS) is 18.6. The lowest BCUT2D eigenvalue weighted by Gasteiger charge is -2.27. The zero-order chi connectivity index (χ0) is 15.0. The van der Waals surface area contributed by atoms with Crippen LogP contribution in [0.25, 0.3) is 11.0 Å². The number of sulfone groups is 1. The largest absolute Gasteiger partial charge is 0.478 e. The molecule has 1 fully saturated rings. The molecule has 0 spiro atoms. The van der Waals surface area contributed by atoms with E-state index in [0.717, 1.165) is 11.0 Å². The van der Waals surface area contributed by atoms with Crippen molar-refractivity contribution in [2.45, 2.75) is 0 Å². The first kappa shape index (κ1) is 14.1. The topological polar surface area (TPSA) is 92.0 Å². The number of carboxylic acids is 1. The molecule has 112 valence electrons. The lowest BCUT2D eigenvalue weighted by Crippen LogP contribution is -2.40. The molecule has 2 aromatic heterocycles. The molecule has 0 amide bonds. The van der Waals surface area contributed by atoms with E-state index < -0.39 is 15.8 Å². The Balaban J connectivity index is 2.00. The monoisotopic (exact) mass is 327 g/mol. The van der Waals surface area contributed by atoms with E-state index in [2.05, 4.69) is 4.98 Å². The van der Waals surface area contributed by atoms with Crippen LogP contribution in [0.3, 0.4) is 0 Å². The van der Waals surface area contributed by atoms with Crippen molar-refractivity contribution in [1.29, 1.82) is 0 Å². The second-order valence-corrected chi connectivity index (χ2v) is 7.86. The minimum absolute atomic E-state index is 0.0975. The predicted octanol–water partition coefficient (Wildman–Crippen LogP) is 0.728. The van der Waals surface area contributed by atoms with Crippen LogP contribution in [0.1, 0.15) is 5.69 Å². The van der Waals surface area contributed by atoms with Gasteiger partial charge in [-0.25, -0.2) is 18.2 Å². The van der Waals surface area contributed by atoms with Crippen LogP contribution in [0, 0.1) is 0 Å². The molecule has 0 aliphatic carbocycles. The van der Waals surface area contributed by atoms with Crippen molar-refractivity contribution in [1.82, 2.24) is 9.38 Å². The molecular formula is C12H13N3O4S2. The maximum absolute atomic E-state index is 11.5. The van der Waals surface area contributed by atoms with Gasteiger partial charge in [-0.1, -0.05) is 0 Å². The first-order valence-electron chi connectivity index (χ1n) is 6.28. The molecule has 0 atom stereocenters. The average Bonchev–Trinajstić information content (AvgIpc) is 2.97. The molecule has 0 bridgehead atoms. The van der Waals surface area contributed by atoms with Gasteiger partial charge in [-0.05, 0) is 6.08 Å². The molecular weight excluding hydrogens is 314 g/mol. The number of fused-ring (bicyclic) bond motifs is 1. The molecule has 1 saturated heterocycles. The van der Waals surface area contributed by atoms with E-state index in [1.165, 1.54) is 17.4 Å². The summed E-state index contributed by atoms with van der Waals surface area (Å²) in [6.45, 7) is 0.752. The van der Waals surface area contributed by atoms with E-state index in [0.29, 0.717) is 24.6 Å². The number of carboxylic acid groups (broad SMARTS) is 1. The number of hydrogen-bond donors (Lipinski definition) is 1. The Labute approximate surface area is 125 Å². The van der Waals surface area contributed by atoms with Gasteiger partial charge in [0.25, 0.3) is 0 Å². The standard InChI is InChI=1S/C12H13N3O4S2/c16-10(17)2-1-9-11(13-12-15(9)3-6-20-12)14-4-7-21(18,19)8-5-14/h1-3,6H,4-5,7-8H2,(H,16,17)/b2-1+.